The van der Waals surface area contributed by atoms with Gasteiger partial charge in [-0.1, -0.05) is 127 Å². The number of hydrogen-bond donors (Lipinski definition) is 0. The standard InChI is InChI=1S/C47H60O6/c1-7-11-32-40-39(34-24-13-17-25-35(5)6)41(33-12-8-2)44(43(46(49)51-10-4)42(40)45(48)50-9-3)47(36-26-18-14-19-27-36,52-37-28-20-15-21-29-37)53-38-30-22-16-23-31-38/h14-16,18-23,26-31,35H,7-13,17,24-25,32-34H2,1-6H3. The van der Waals surface area contributed by atoms with Crippen LogP contribution in [-0.2, 0) is 34.5 Å². The van der Waals surface area contributed by atoms with Gasteiger partial charge >= 0.3 is 17.7 Å². The molecule has 6 heteroatoms. The second-order valence-electron chi connectivity index (χ2n) is 14.0. The number of esters is 2. The van der Waals surface area contributed by atoms with Gasteiger partial charge in [0, 0.05) is 5.56 Å². The highest BCUT2D eigenvalue weighted by Crippen LogP contribution is 2.45. The average Bonchev–Trinajstić information content (AvgIpc) is 3.16. The van der Waals surface area contributed by atoms with Crippen molar-refractivity contribution >= 4 is 11.9 Å². The van der Waals surface area contributed by atoms with Gasteiger partial charge in [-0.3, -0.25) is 0 Å². The summed E-state index contributed by atoms with van der Waals surface area (Å²) >= 11 is 0. The van der Waals surface area contributed by atoms with Gasteiger partial charge in [0.2, 0.25) is 0 Å². The highest BCUT2D eigenvalue weighted by Gasteiger charge is 2.48. The summed E-state index contributed by atoms with van der Waals surface area (Å²) in [4.78, 5) is 29.3. The minimum absolute atomic E-state index is 0.129. The van der Waals surface area contributed by atoms with Crippen molar-refractivity contribution in [2.75, 3.05) is 13.2 Å². The van der Waals surface area contributed by atoms with Crippen molar-refractivity contribution < 1.29 is 28.5 Å². The minimum Gasteiger partial charge on any atom is -0.462 e. The van der Waals surface area contributed by atoms with E-state index in [-0.39, 0.29) is 24.3 Å². The summed E-state index contributed by atoms with van der Waals surface area (Å²) in [6, 6.07) is 28.8. The number of carbonyl (C=O) groups is 2. The summed E-state index contributed by atoms with van der Waals surface area (Å²) in [6.07, 6.45) is 9.93. The Balaban J connectivity index is 2.27. The molecular weight excluding hydrogens is 661 g/mol. The number of hydrogen-bond acceptors (Lipinski definition) is 6. The number of unbranched alkanes of at least 4 members (excludes halogenated alkanes) is 4. The number of carbonyl (C=O) groups excluding carboxylic acids is 2. The van der Waals surface area contributed by atoms with E-state index in [0.717, 1.165) is 68.1 Å². The lowest BCUT2D eigenvalue weighted by atomic mass is 9.77. The van der Waals surface area contributed by atoms with Crippen LogP contribution in [0.4, 0.5) is 0 Å². The highest BCUT2D eigenvalue weighted by atomic mass is 16.7. The van der Waals surface area contributed by atoms with Crippen LogP contribution >= 0.6 is 0 Å². The van der Waals surface area contributed by atoms with Gasteiger partial charge in [0.25, 0.3) is 0 Å². The topological polar surface area (TPSA) is 71.1 Å². The van der Waals surface area contributed by atoms with Gasteiger partial charge in [-0.05, 0) is 99.2 Å². The van der Waals surface area contributed by atoms with E-state index in [2.05, 4.69) is 27.7 Å². The normalized spacial score (nSPS) is 11.4. The average molecular weight is 721 g/mol. The summed E-state index contributed by atoms with van der Waals surface area (Å²) in [7, 11) is 0. The molecule has 6 nitrogen and oxygen atoms in total. The van der Waals surface area contributed by atoms with Crippen molar-refractivity contribution in [2.24, 2.45) is 5.92 Å². The Morgan fingerprint density at radius 1 is 0.547 bits per heavy atom. The van der Waals surface area contributed by atoms with E-state index in [4.69, 9.17) is 18.9 Å². The van der Waals surface area contributed by atoms with Crippen molar-refractivity contribution in [3.8, 4) is 11.5 Å². The van der Waals surface area contributed by atoms with Crippen LogP contribution in [0.5, 0.6) is 11.5 Å². The molecule has 4 aromatic carbocycles. The van der Waals surface area contributed by atoms with Crippen molar-refractivity contribution in [1.82, 2.24) is 0 Å². The fourth-order valence-electron chi connectivity index (χ4n) is 7.05. The lowest BCUT2D eigenvalue weighted by Crippen LogP contribution is -2.44. The van der Waals surface area contributed by atoms with Gasteiger partial charge in [0.15, 0.2) is 0 Å². The SMILES string of the molecule is CCCCc1c(CCCCCC(C)C)c(CCCC)c(C(Oc2ccccc2)(Oc2ccccc2)c2ccccc2)c(C(=O)OCC)c1C(=O)OCC. The third-order valence-corrected chi connectivity index (χ3v) is 9.55. The largest absolute Gasteiger partial charge is 0.462 e. The van der Waals surface area contributed by atoms with Gasteiger partial charge < -0.3 is 18.9 Å². The van der Waals surface area contributed by atoms with Crippen LogP contribution in [0.2, 0.25) is 0 Å². The highest BCUT2D eigenvalue weighted by molar-refractivity contribution is 6.06. The first-order valence-electron chi connectivity index (χ1n) is 19.9. The van der Waals surface area contributed by atoms with Crippen molar-refractivity contribution in [2.45, 2.75) is 118 Å². The van der Waals surface area contributed by atoms with Gasteiger partial charge in [-0.2, -0.15) is 0 Å². The Morgan fingerprint density at radius 2 is 1.02 bits per heavy atom. The third-order valence-electron chi connectivity index (χ3n) is 9.55. The molecule has 4 rings (SSSR count). The van der Waals surface area contributed by atoms with E-state index in [0.29, 0.717) is 41.4 Å². The molecule has 0 aliphatic heterocycles. The van der Waals surface area contributed by atoms with Crippen LogP contribution in [0.3, 0.4) is 0 Å². The van der Waals surface area contributed by atoms with E-state index in [1.165, 1.54) is 6.42 Å². The molecule has 0 unspecified atom stereocenters. The molecule has 0 fully saturated rings. The summed E-state index contributed by atoms with van der Waals surface area (Å²) in [5, 5.41) is 0. The molecule has 0 aliphatic carbocycles. The third kappa shape index (κ3) is 10.7. The first-order valence-corrected chi connectivity index (χ1v) is 19.9. The molecular formula is C47H60O6. The van der Waals surface area contributed by atoms with Crippen LogP contribution in [0.15, 0.2) is 91.0 Å². The Labute approximate surface area is 318 Å². The Bertz CT molecular complexity index is 1660. The van der Waals surface area contributed by atoms with Crippen molar-refractivity contribution in [3.63, 3.8) is 0 Å². The number of rotatable bonds is 22. The molecule has 0 aliphatic rings. The lowest BCUT2D eigenvalue weighted by Gasteiger charge is -2.39. The fraction of sp³-hybridized carbons (Fsp3) is 0.447. The maximum Gasteiger partial charge on any atom is 0.339 e. The lowest BCUT2D eigenvalue weighted by molar-refractivity contribution is -0.0858. The second kappa shape index (κ2) is 21.2. The molecule has 53 heavy (non-hydrogen) atoms. The molecule has 0 bridgehead atoms. The Morgan fingerprint density at radius 3 is 1.51 bits per heavy atom. The van der Waals surface area contributed by atoms with Gasteiger partial charge in [0.05, 0.1) is 29.9 Å². The van der Waals surface area contributed by atoms with Gasteiger partial charge in [-0.15, -0.1) is 0 Å². The molecule has 0 spiro atoms. The monoisotopic (exact) mass is 720 g/mol. The summed E-state index contributed by atoms with van der Waals surface area (Å²) in [5.41, 5.74) is 4.55. The minimum atomic E-state index is -1.72. The van der Waals surface area contributed by atoms with E-state index in [1.54, 1.807) is 13.8 Å². The first-order chi connectivity index (χ1) is 25.8. The molecule has 4 aromatic rings. The van der Waals surface area contributed by atoms with Crippen molar-refractivity contribution in [3.05, 3.63) is 130 Å². The maximum atomic E-state index is 14.8. The van der Waals surface area contributed by atoms with E-state index >= 15 is 0 Å². The summed E-state index contributed by atoms with van der Waals surface area (Å²) < 4.78 is 26.2. The van der Waals surface area contributed by atoms with Gasteiger partial charge in [0.1, 0.15) is 11.5 Å². The molecule has 0 saturated heterocycles. The zero-order valence-corrected chi connectivity index (χ0v) is 32.9. The molecule has 0 amide bonds. The Hall–Kier alpha value is -4.58. The molecule has 0 radical (unpaired) electrons. The van der Waals surface area contributed by atoms with Crippen LogP contribution in [0.1, 0.15) is 141 Å². The fourth-order valence-corrected chi connectivity index (χ4v) is 7.05. The van der Waals surface area contributed by atoms with E-state index in [1.807, 2.05) is 91.0 Å². The molecule has 0 heterocycles. The summed E-state index contributed by atoms with van der Waals surface area (Å²) in [5.74, 6) is -1.12. The molecule has 0 atom stereocenters. The quantitative estimate of drug-likeness (QED) is 0.0457. The predicted octanol–water partition coefficient (Wildman–Crippen LogP) is 11.8. The predicted molar refractivity (Wildman–Crippen MR) is 214 cm³/mol. The van der Waals surface area contributed by atoms with E-state index < -0.39 is 17.7 Å². The van der Waals surface area contributed by atoms with E-state index in [9.17, 15) is 9.59 Å². The molecule has 0 aromatic heterocycles. The zero-order valence-electron chi connectivity index (χ0n) is 32.9. The zero-order chi connectivity index (χ0) is 38.1. The Kier molecular flexibility index (Phi) is 16.5. The number of para-hydroxylation sites is 2. The second-order valence-corrected chi connectivity index (χ2v) is 14.0. The maximum absolute atomic E-state index is 14.8. The van der Waals surface area contributed by atoms with Gasteiger partial charge in [-0.25, -0.2) is 9.59 Å². The van der Waals surface area contributed by atoms with Crippen LogP contribution in [0.25, 0.3) is 0 Å². The first kappa shape index (κ1) is 41.2. The molecule has 0 saturated carbocycles. The number of ether oxygens (including phenoxy) is 4. The van der Waals surface area contributed by atoms with Crippen LogP contribution in [-0.4, -0.2) is 25.2 Å². The molecule has 0 N–H and O–H groups in total. The summed E-state index contributed by atoms with van der Waals surface area (Å²) in [6.45, 7) is 12.7. The van der Waals surface area contributed by atoms with Crippen LogP contribution in [0, 0.1) is 5.92 Å². The molecule has 284 valence electrons. The van der Waals surface area contributed by atoms with Crippen molar-refractivity contribution in [1.29, 1.82) is 0 Å². The smallest absolute Gasteiger partial charge is 0.339 e. The number of benzene rings is 4. The van der Waals surface area contributed by atoms with Crippen LogP contribution < -0.4 is 9.47 Å².